The number of hydrogen-bond acceptors (Lipinski definition) is 7. The van der Waals surface area contributed by atoms with Crippen molar-refractivity contribution in [1.29, 1.82) is 0 Å². The predicted molar refractivity (Wildman–Crippen MR) is 122 cm³/mol. The molecular weight excluding hydrogens is 416 g/mol. The van der Waals surface area contributed by atoms with Crippen LogP contribution in [0.5, 0.6) is 0 Å². The molecule has 0 bridgehead atoms. The summed E-state index contributed by atoms with van der Waals surface area (Å²) in [6.07, 6.45) is 2.98. The number of sulfonamides is 1. The minimum absolute atomic E-state index is 0.386. The van der Waals surface area contributed by atoms with Gasteiger partial charge in [0.25, 0.3) is 0 Å². The highest BCUT2D eigenvalue weighted by Gasteiger charge is 2.16. The quantitative estimate of drug-likeness (QED) is 0.404. The Kier molecular flexibility index (Phi) is 5.27. The van der Waals surface area contributed by atoms with Gasteiger partial charge < -0.3 is 15.6 Å². The molecule has 0 unspecified atom stereocenters. The van der Waals surface area contributed by atoms with Gasteiger partial charge in [0.05, 0.1) is 23.0 Å². The van der Waals surface area contributed by atoms with Gasteiger partial charge in [0.1, 0.15) is 17.3 Å². The van der Waals surface area contributed by atoms with E-state index in [9.17, 15) is 8.42 Å². The lowest BCUT2D eigenvalue weighted by Gasteiger charge is -2.20. The molecule has 0 aliphatic rings. The average Bonchev–Trinajstić information content (AvgIpc) is 3.31. The van der Waals surface area contributed by atoms with Gasteiger partial charge in [-0.15, -0.1) is 0 Å². The highest BCUT2D eigenvalue weighted by molar-refractivity contribution is 7.92. The molecule has 3 N–H and O–H groups in total. The second-order valence-electron chi connectivity index (χ2n) is 7.27. The minimum Gasteiger partial charge on any atom is -0.365 e. The lowest BCUT2D eigenvalue weighted by atomic mass is 10.1. The Morgan fingerprint density at radius 1 is 1.19 bits per heavy atom. The second kappa shape index (κ2) is 7.91. The molecule has 10 nitrogen and oxygen atoms in total. The molecule has 0 saturated carbocycles. The van der Waals surface area contributed by atoms with Crippen molar-refractivity contribution >= 4 is 44.3 Å². The molecule has 31 heavy (non-hydrogen) atoms. The Hall–Kier alpha value is -3.60. The van der Waals surface area contributed by atoms with Crippen molar-refractivity contribution in [3.63, 3.8) is 0 Å². The minimum atomic E-state index is -3.37. The van der Waals surface area contributed by atoms with Crippen LogP contribution in [0.15, 0.2) is 42.6 Å². The summed E-state index contributed by atoms with van der Waals surface area (Å²) < 4.78 is 27.0. The fraction of sp³-hybridized carbons (Fsp3) is 0.250. The number of nitrogens with one attached hydrogen (secondary N) is 3. The molecule has 0 atom stereocenters. The molecule has 4 aromatic rings. The van der Waals surface area contributed by atoms with Crippen molar-refractivity contribution in [2.75, 3.05) is 28.2 Å². The first-order valence-electron chi connectivity index (χ1n) is 9.61. The molecular formula is C20H24N8O2S. The van der Waals surface area contributed by atoms with E-state index in [2.05, 4.69) is 30.7 Å². The van der Waals surface area contributed by atoms with E-state index < -0.39 is 10.0 Å². The lowest BCUT2D eigenvalue weighted by Crippen LogP contribution is -2.26. The van der Waals surface area contributed by atoms with Crippen LogP contribution in [0.4, 0.5) is 23.3 Å². The third kappa shape index (κ3) is 4.31. The summed E-state index contributed by atoms with van der Waals surface area (Å²) in [5.74, 6) is 1.82. The fourth-order valence-corrected chi connectivity index (χ4v) is 3.83. The molecule has 3 heterocycles. The maximum absolute atomic E-state index is 12.0. The molecule has 0 fully saturated rings. The summed E-state index contributed by atoms with van der Waals surface area (Å²) in [7, 11) is 0.0131. The Bertz CT molecular complexity index is 1340. The maximum Gasteiger partial charge on any atom is 0.232 e. The molecule has 0 aliphatic carbocycles. The number of H-pyrrole nitrogens is 1. The van der Waals surface area contributed by atoms with Crippen molar-refractivity contribution < 1.29 is 8.42 Å². The van der Waals surface area contributed by atoms with Crippen molar-refractivity contribution in [2.24, 2.45) is 7.05 Å². The van der Waals surface area contributed by atoms with E-state index in [1.807, 2.05) is 44.3 Å². The first-order chi connectivity index (χ1) is 14.7. The largest absolute Gasteiger partial charge is 0.365 e. The Labute approximate surface area is 180 Å². The van der Waals surface area contributed by atoms with Crippen molar-refractivity contribution in [3.05, 3.63) is 53.9 Å². The van der Waals surface area contributed by atoms with Crippen LogP contribution in [0.25, 0.3) is 11.0 Å². The predicted octanol–water partition coefficient (Wildman–Crippen LogP) is 2.75. The zero-order chi connectivity index (χ0) is 22.2. The van der Waals surface area contributed by atoms with Crippen molar-refractivity contribution in [2.45, 2.75) is 13.5 Å². The first kappa shape index (κ1) is 20.7. The van der Waals surface area contributed by atoms with Gasteiger partial charge in [-0.05, 0) is 24.6 Å². The van der Waals surface area contributed by atoms with Gasteiger partial charge in [-0.1, -0.05) is 18.2 Å². The molecule has 3 aromatic heterocycles. The van der Waals surface area contributed by atoms with Crippen LogP contribution in [-0.4, -0.2) is 46.5 Å². The van der Waals surface area contributed by atoms with Gasteiger partial charge in [-0.2, -0.15) is 15.1 Å². The highest BCUT2D eigenvalue weighted by atomic mass is 32.2. The van der Waals surface area contributed by atoms with Crippen LogP contribution in [0.1, 0.15) is 11.3 Å². The number of aryl methyl sites for hydroxylation is 2. The number of hydrogen-bond donors (Lipinski definition) is 3. The van der Waals surface area contributed by atoms with E-state index in [1.54, 1.807) is 24.0 Å². The number of aromatic amines is 1. The van der Waals surface area contributed by atoms with E-state index in [0.29, 0.717) is 29.6 Å². The van der Waals surface area contributed by atoms with Crippen LogP contribution < -0.4 is 14.9 Å². The molecule has 11 heteroatoms. The van der Waals surface area contributed by atoms with Gasteiger partial charge in [-0.25, -0.2) is 8.42 Å². The van der Waals surface area contributed by atoms with E-state index in [4.69, 9.17) is 0 Å². The van der Waals surface area contributed by atoms with Crippen LogP contribution in [-0.2, 0) is 23.6 Å². The molecule has 162 valence electrons. The van der Waals surface area contributed by atoms with Crippen LogP contribution in [0.2, 0.25) is 0 Å². The van der Waals surface area contributed by atoms with Gasteiger partial charge >= 0.3 is 0 Å². The lowest BCUT2D eigenvalue weighted by molar-refractivity contribution is 0.600. The summed E-state index contributed by atoms with van der Waals surface area (Å²) in [5, 5.41) is 11.7. The molecule has 0 radical (unpaired) electrons. The number of benzene rings is 1. The van der Waals surface area contributed by atoms with Crippen molar-refractivity contribution in [3.8, 4) is 0 Å². The standard InChI is InChI=1S/C20H24N8O2S/c1-13-11-17(27(2)26-13)23-20-24-18-15(9-10-21-18)19(25-20)22-12-14-7-5-6-8-16(14)28(3)31(4,29)30/h5-11H,12H2,1-4H3,(H3,21,22,23,24,25). The third-order valence-corrected chi connectivity index (χ3v) is 6.12. The highest BCUT2D eigenvalue weighted by Crippen LogP contribution is 2.26. The summed E-state index contributed by atoms with van der Waals surface area (Å²) in [4.78, 5) is 12.3. The number of fused-ring (bicyclic) bond motifs is 1. The summed E-state index contributed by atoms with van der Waals surface area (Å²) in [6, 6.07) is 11.2. The van der Waals surface area contributed by atoms with Gasteiger partial charge in [0.15, 0.2) is 0 Å². The smallest absolute Gasteiger partial charge is 0.232 e. The topological polar surface area (TPSA) is 121 Å². The summed E-state index contributed by atoms with van der Waals surface area (Å²) in [5.41, 5.74) is 3.01. The number of anilines is 4. The van der Waals surface area contributed by atoms with E-state index in [0.717, 1.165) is 22.5 Å². The van der Waals surface area contributed by atoms with Crippen molar-refractivity contribution in [1.82, 2.24) is 24.7 Å². The van der Waals surface area contributed by atoms with Crippen LogP contribution in [0.3, 0.4) is 0 Å². The number of para-hydroxylation sites is 1. The second-order valence-corrected chi connectivity index (χ2v) is 9.28. The fourth-order valence-electron chi connectivity index (χ4n) is 3.30. The van der Waals surface area contributed by atoms with E-state index >= 15 is 0 Å². The zero-order valence-corrected chi connectivity index (χ0v) is 18.5. The molecule has 0 spiro atoms. The Morgan fingerprint density at radius 3 is 2.68 bits per heavy atom. The number of aromatic nitrogens is 5. The molecule has 1 aromatic carbocycles. The Morgan fingerprint density at radius 2 is 1.97 bits per heavy atom. The van der Waals surface area contributed by atoms with Gasteiger partial charge in [-0.3, -0.25) is 8.99 Å². The van der Waals surface area contributed by atoms with Gasteiger partial charge in [0, 0.05) is 32.9 Å². The monoisotopic (exact) mass is 440 g/mol. The van der Waals surface area contributed by atoms with Crippen LogP contribution >= 0.6 is 0 Å². The summed E-state index contributed by atoms with van der Waals surface area (Å²) in [6.45, 7) is 2.30. The normalized spacial score (nSPS) is 11.6. The van der Waals surface area contributed by atoms with E-state index in [1.165, 1.54) is 10.6 Å². The van der Waals surface area contributed by atoms with Crippen LogP contribution in [0, 0.1) is 6.92 Å². The molecule has 0 saturated heterocycles. The van der Waals surface area contributed by atoms with Gasteiger partial charge in [0.2, 0.25) is 16.0 Å². The third-order valence-electron chi connectivity index (χ3n) is 4.93. The number of nitrogens with zero attached hydrogens (tertiary/aromatic N) is 5. The molecule has 0 aliphatic heterocycles. The molecule has 0 amide bonds. The SMILES string of the molecule is Cc1cc(Nc2nc(NCc3ccccc3N(C)S(C)(=O)=O)c3cc[nH]c3n2)n(C)n1. The van der Waals surface area contributed by atoms with E-state index in [-0.39, 0.29) is 0 Å². The maximum atomic E-state index is 12.0. The number of rotatable bonds is 7. The Balaban J connectivity index is 1.64. The summed E-state index contributed by atoms with van der Waals surface area (Å²) >= 11 is 0. The first-order valence-corrected chi connectivity index (χ1v) is 11.5. The molecule has 4 rings (SSSR count). The average molecular weight is 441 g/mol. The zero-order valence-electron chi connectivity index (χ0n) is 17.7.